The van der Waals surface area contributed by atoms with Gasteiger partial charge in [0.05, 0.1) is 11.4 Å². The molecule has 130 valence electrons. The van der Waals surface area contributed by atoms with Gasteiger partial charge in [-0.1, -0.05) is 72.8 Å². The molecule has 0 saturated carbocycles. The number of nitrogens with one attached hydrogen (secondary N) is 1. The molecule has 2 nitrogen and oxygen atoms in total. The minimum atomic E-state index is -2.36. The second-order valence-electron chi connectivity index (χ2n) is 7.66. The van der Waals surface area contributed by atoms with Crippen LogP contribution in [0.5, 0.6) is 0 Å². The van der Waals surface area contributed by atoms with Gasteiger partial charge in [-0.3, -0.25) is 4.98 Å². The van der Waals surface area contributed by atoms with Crippen LogP contribution in [0.4, 0.5) is 0 Å². The van der Waals surface area contributed by atoms with E-state index in [-0.39, 0.29) is 0 Å². The third-order valence-corrected chi connectivity index (χ3v) is 11.5. The second kappa shape index (κ2) is 4.88. The largest absolute Gasteiger partial charge is 0.353 e. The zero-order chi connectivity index (χ0) is 18.3. The quantitative estimate of drug-likeness (QED) is 0.408. The van der Waals surface area contributed by atoms with E-state index >= 15 is 0 Å². The summed E-state index contributed by atoms with van der Waals surface area (Å²) in [6, 6.07) is 31.2. The highest BCUT2D eigenvalue weighted by Gasteiger charge is 2.55. The van der Waals surface area contributed by atoms with Gasteiger partial charge in [0.15, 0.2) is 8.07 Å². The summed E-state index contributed by atoms with van der Waals surface area (Å²) in [7, 11) is -2.36. The summed E-state index contributed by atoms with van der Waals surface area (Å²) in [5.74, 6) is 0. The third kappa shape index (κ3) is 1.47. The maximum atomic E-state index is 4.86. The average Bonchev–Trinajstić information content (AvgIpc) is 3.37. The Labute approximate surface area is 163 Å². The molecular weight excluding hydrogens is 356 g/mol. The van der Waals surface area contributed by atoms with Crippen molar-refractivity contribution in [2.24, 2.45) is 0 Å². The van der Waals surface area contributed by atoms with E-state index in [2.05, 4.69) is 89.9 Å². The molecule has 1 spiro atoms. The summed E-state index contributed by atoms with van der Waals surface area (Å²) in [5.41, 5.74) is 6.33. The molecular formula is C25H16N2Si. The minimum absolute atomic E-state index is 1.13. The van der Waals surface area contributed by atoms with Crippen molar-refractivity contribution in [2.75, 3.05) is 0 Å². The zero-order valence-corrected chi connectivity index (χ0v) is 16.1. The number of benzene rings is 3. The Hall–Kier alpha value is -3.43. The van der Waals surface area contributed by atoms with Gasteiger partial charge in [-0.25, -0.2) is 0 Å². The fraction of sp³-hybridized carbons (Fsp3) is 0. The molecule has 3 heteroatoms. The van der Waals surface area contributed by atoms with E-state index in [1.54, 1.807) is 0 Å². The van der Waals surface area contributed by atoms with Gasteiger partial charge in [0.2, 0.25) is 0 Å². The van der Waals surface area contributed by atoms with Gasteiger partial charge >= 0.3 is 0 Å². The van der Waals surface area contributed by atoms with E-state index in [9.17, 15) is 0 Å². The summed E-state index contributed by atoms with van der Waals surface area (Å²) < 4.78 is 0. The molecule has 0 saturated heterocycles. The number of hydrogen-bond acceptors (Lipinski definition) is 1. The lowest BCUT2D eigenvalue weighted by Crippen LogP contribution is -2.70. The van der Waals surface area contributed by atoms with Crippen LogP contribution in [0.25, 0.3) is 33.4 Å². The Morgan fingerprint density at radius 1 is 0.643 bits per heavy atom. The van der Waals surface area contributed by atoms with Crippen molar-refractivity contribution in [3.05, 3.63) is 91.1 Å². The van der Waals surface area contributed by atoms with Gasteiger partial charge in [0.1, 0.15) is 0 Å². The van der Waals surface area contributed by atoms with Crippen LogP contribution in [0.15, 0.2) is 91.1 Å². The monoisotopic (exact) mass is 372 g/mol. The highest BCUT2D eigenvalue weighted by atomic mass is 28.3. The first-order valence-corrected chi connectivity index (χ1v) is 11.7. The number of nitrogens with zero attached hydrogens (tertiary/aromatic N) is 1. The van der Waals surface area contributed by atoms with Crippen molar-refractivity contribution in [3.8, 4) is 22.5 Å². The normalized spacial score (nSPS) is 14.7. The summed E-state index contributed by atoms with van der Waals surface area (Å²) in [6.07, 6.45) is 1.92. The molecule has 0 aliphatic carbocycles. The SMILES string of the molecule is c1ccc2c(c1)-c1ccccc1[Si]21c2cccnc2-c2[nH]c3ccccc3c21. The number of fused-ring (bicyclic) bond motifs is 12. The van der Waals surface area contributed by atoms with Crippen molar-refractivity contribution in [1.82, 2.24) is 9.97 Å². The predicted octanol–water partition coefficient (Wildman–Crippen LogP) is 2.90. The number of H-pyrrole nitrogens is 1. The van der Waals surface area contributed by atoms with Crippen LogP contribution in [-0.2, 0) is 0 Å². The molecule has 0 unspecified atom stereocenters. The first-order valence-electron chi connectivity index (χ1n) is 9.67. The lowest BCUT2D eigenvalue weighted by Gasteiger charge is -2.27. The lowest BCUT2D eigenvalue weighted by atomic mass is 10.1. The van der Waals surface area contributed by atoms with E-state index in [1.807, 2.05) is 6.20 Å². The Bertz CT molecular complexity index is 1380. The fourth-order valence-corrected chi connectivity index (χ4v) is 11.2. The smallest absolute Gasteiger partial charge is 0.186 e. The molecule has 1 N–H and O–H groups in total. The summed E-state index contributed by atoms with van der Waals surface area (Å²) in [4.78, 5) is 8.58. The Kier molecular flexibility index (Phi) is 2.55. The first kappa shape index (κ1) is 14.6. The average molecular weight is 373 g/mol. The van der Waals surface area contributed by atoms with Crippen LogP contribution >= 0.6 is 0 Å². The van der Waals surface area contributed by atoms with Crippen LogP contribution in [0.1, 0.15) is 0 Å². The van der Waals surface area contributed by atoms with Crippen molar-refractivity contribution in [2.45, 2.75) is 0 Å². The van der Waals surface area contributed by atoms with Gasteiger partial charge in [-0.05, 0) is 44.0 Å². The van der Waals surface area contributed by atoms with E-state index in [0.29, 0.717) is 0 Å². The Morgan fingerprint density at radius 2 is 1.29 bits per heavy atom. The molecule has 0 atom stereocenters. The third-order valence-electron chi connectivity index (χ3n) is 6.48. The molecule has 7 rings (SSSR count). The van der Waals surface area contributed by atoms with Gasteiger partial charge in [-0.2, -0.15) is 0 Å². The van der Waals surface area contributed by atoms with Crippen molar-refractivity contribution >= 4 is 39.7 Å². The molecule has 0 bridgehead atoms. The van der Waals surface area contributed by atoms with Crippen molar-refractivity contribution < 1.29 is 0 Å². The highest BCUT2D eigenvalue weighted by Crippen LogP contribution is 2.36. The van der Waals surface area contributed by atoms with Crippen molar-refractivity contribution in [1.29, 1.82) is 0 Å². The predicted molar refractivity (Wildman–Crippen MR) is 118 cm³/mol. The van der Waals surface area contributed by atoms with Crippen LogP contribution in [0, 0.1) is 0 Å². The molecule has 2 aromatic heterocycles. The maximum absolute atomic E-state index is 4.86. The molecule has 0 radical (unpaired) electrons. The second-order valence-corrected chi connectivity index (χ2v) is 11.3. The Balaban J connectivity index is 1.78. The first-order chi connectivity index (χ1) is 13.9. The molecule has 28 heavy (non-hydrogen) atoms. The fourth-order valence-electron chi connectivity index (χ4n) is 5.55. The molecule has 2 aliphatic rings. The summed E-state index contributed by atoms with van der Waals surface area (Å²) >= 11 is 0. The van der Waals surface area contributed by atoms with Gasteiger partial charge < -0.3 is 4.98 Å². The van der Waals surface area contributed by atoms with Crippen molar-refractivity contribution in [3.63, 3.8) is 0 Å². The molecule has 5 aromatic rings. The number of pyridine rings is 1. The highest BCUT2D eigenvalue weighted by molar-refractivity contribution is 7.25. The Morgan fingerprint density at radius 3 is 2.07 bits per heavy atom. The molecule has 4 heterocycles. The summed E-state index contributed by atoms with van der Waals surface area (Å²) in [6.45, 7) is 0. The number of aromatic nitrogens is 2. The number of aromatic amines is 1. The van der Waals surface area contributed by atoms with E-state index in [4.69, 9.17) is 4.98 Å². The molecule has 2 aliphatic heterocycles. The van der Waals surface area contributed by atoms with Gasteiger partial charge in [0.25, 0.3) is 0 Å². The minimum Gasteiger partial charge on any atom is -0.353 e. The zero-order valence-electron chi connectivity index (χ0n) is 15.1. The van der Waals surface area contributed by atoms with E-state index in [0.717, 1.165) is 5.69 Å². The molecule has 0 fully saturated rings. The molecule has 0 amide bonds. The van der Waals surface area contributed by atoms with Crippen LogP contribution < -0.4 is 20.7 Å². The van der Waals surface area contributed by atoms with Gasteiger partial charge in [0, 0.05) is 17.1 Å². The van der Waals surface area contributed by atoms with E-state index in [1.165, 1.54) is 48.5 Å². The van der Waals surface area contributed by atoms with Crippen LogP contribution in [0.2, 0.25) is 0 Å². The van der Waals surface area contributed by atoms with Crippen LogP contribution in [0.3, 0.4) is 0 Å². The number of para-hydroxylation sites is 1. The molecule has 3 aromatic carbocycles. The topological polar surface area (TPSA) is 28.7 Å². The summed E-state index contributed by atoms with van der Waals surface area (Å²) in [5, 5.41) is 7.23. The van der Waals surface area contributed by atoms with Gasteiger partial charge in [-0.15, -0.1) is 0 Å². The van der Waals surface area contributed by atoms with E-state index < -0.39 is 8.07 Å². The lowest BCUT2D eigenvalue weighted by molar-refractivity contribution is 1.32. The number of rotatable bonds is 0. The standard InChI is InChI=1S/C25H16N2Si/c1-4-11-19-18(10-1)25-24(27-19)23-22(14-7-15-26-23)28(25)20-12-5-2-8-16(20)17-9-3-6-13-21(17)28/h1-15,27H. The van der Waals surface area contributed by atoms with Crippen LogP contribution in [-0.4, -0.2) is 18.0 Å². The number of hydrogen-bond donors (Lipinski definition) is 1. The maximum Gasteiger partial charge on any atom is 0.186 e.